The zero-order chi connectivity index (χ0) is 10.5. The first-order valence-corrected chi connectivity index (χ1v) is 6.40. The Morgan fingerprint density at radius 3 is 2.67 bits per heavy atom. The van der Waals surface area contributed by atoms with E-state index in [-0.39, 0.29) is 0 Å². The van der Waals surface area contributed by atoms with E-state index in [2.05, 4.69) is 31.2 Å². The van der Waals surface area contributed by atoms with Gasteiger partial charge in [-0.15, -0.1) is 0 Å². The van der Waals surface area contributed by atoms with Gasteiger partial charge in [-0.1, -0.05) is 61.9 Å². The topological polar surface area (TPSA) is 0 Å². The zero-order valence-electron chi connectivity index (χ0n) is 9.84. The smallest absolute Gasteiger partial charge is 0.0276 e. The number of rotatable bonds is 3. The highest BCUT2D eigenvalue weighted by atomic mass is 14.2. The third-order valence-corrected chi connectivity index (χ3v) is 3.65. The highest BCUT2D eigenvalue weighted by molar-refractivity contribution is 5.22. The van der Waals surface area contributed by atoms with Gasteiger partial charge in [-0.25, -0.2) is 0 Å². The van der Waals surface area contributed by atoms with Crippen LogP contribution in [0.3, 0.4) is 0 Å². The van der Waals surface area contributed by atoms with Crippen LogP contribution in [-0.4, -0.2) is 0 Å². The van der Waals surface area contributed by atoms with Crippen LogP contribution in [-0.2, 0) is 6.42 Å². The Hall–Kier alpha value is -0.780. The third kappa shape index (κ3) is 3.37. The molecule has 1 aliphatic carbocycles. The lowest BCUT2D eigenvalue weighted by molar-refractivity contribution is 0.339. The summed E-state index contributed by atoms with van der Waals surface area (Å²) in [6.45, 7) is 2.18. The maximum absolute atomic E-state index is 2.34. The number of aryl methyl sites for hydroxylation is 2. The minimum absolute atomic E-state index is 1.01. The molecule has 1 aliphatic rings. The van der Waals surface area contributed by atoms with Crippen LogP contribution in [0.5, 0.6) is 0 Å². The van der Waals surface area contributed by atoms with Gasteiger partial charge >= 0.3 is 0 Å². The first-order valence-electron chi connectivity index (χ1n) is 6.40. The van der Waals surface area contributed by atoms with Crippen LogP contribution < -0.4 is 0 Å². The van der Waals surface area contributed by atoms with Crippen LogP contribution in [0.2, 0.25) is 0 Å². The predicted molar refractivity (Wildman–Crippen MR) is 66.1 cm³/mol. The molecule has 0 spiro atoms. The summed E-state index contributed by atoms with van der Waals surface area (Å²) in [6, 6.07) is 8.98. The van der Waals surface area contributed by atoms with Crippen molar-refractivity contribution >= 4 is 0 Å². The molecule has 1 aromatic rings. The van der Waals surface area contributed by atoms with Gasteiger partial charge in [-0.2, -0.15) is 0 Å². The van der Waals surface area contributed by atoms with E-state index < -0.39 is 0 Å². The Bertz CT molecular complexity index is 295. The Labute approximate surface area is 93.7 Å². The minimum atomic E-state index is 1.01. The van der Waals surface area contributed by atoms with Crippen molar-refractivity contribution in [2.24, 2.45) is 5.92 Å². The standard InChI is InChI=1S/C15H22/c1-13-6-5-9-15(12-13)11-10-14-7-3-2-4-8-14/h5-6,9,12,14H,2-4,7-8,10-11H2,1H3. The van der Waals surface area contributed by atoms with Gasteiger partial charge in [0.1, 0.15) is 0 Å². The second-order valence-electron chi connectivity index (χ2n) is 5.03. The van der Waals surface area contributed by atoms with Crippen LogP contribution in [0.15, 0.2) is 24.3 Å². The molecule has 1 saturated carbocycles. The van der Waals surface area contributed by atoms with Gasteiger partial charge in [0.15, 0.2) is 0 Å². The Morgan fingerprint density at radius 1 is 1.13 bits per heavy atom. The molecule has 0 radical (unpaired) electrons. The number of hydrogen-bond donors (Lipinski definition) is 0. The fraction of sp³-hybridized carbons (Fsp3) is 0.600. The Morgan fingerprint density at radius 2 is 1.93 bits per heavy atom. The highest BCUT2D eigenvalue weighted by Crippen LogP contribution is 2.27. The molecule has 82 valence electrons. The molecule has 0 nitrogen and oxygen atoms in total. The predicted octanol–water partition coefficient (Wildman–Crippen LogP) is 4.51. The molecule has 0 aromatic heterocycles. The summed E-state index contributed by atoms with van der Waals surface area (Å²) in [6.07, 6.45) is 10.1. The van der Waals surface area contributed by atoms with Crippen LogP contribution in [0.4, 0.5) is 0 Å². The van der Waals surface area contributed by atoms with Gasteiger partial charge in [0, 0.05) is 0 Å². The van der Waals surface area contributed by atoms with E-state index in [1.807, 2.05) is 0 Å². The van der Waals surface area contributed by atoms with Crippen molar-refractivity contribution in [3.05, 3.63) is 35.4 Å². The van der Waals surface area contributed by atoms with E-state index in [9.17, 15) is 0 Å². The average Bonchev–Trinajstić information content (AvgIpc) is 2.28. The molecule has 15 heavy (non-hydrogen) atoms. The molecule has 0 saturated heterocycles. The Kier molecular flexibility index (Phi) is 3.82. The minimum Gasteiger partial charge on any atom is -0.0617 e. The molecule has 0 heteroatoms. The lowest BCUT2D eigenvalue weighted by Gasteiger charge is -2.21. The normalized spacial score (nSPS) is 17.9. The summed E-state index contributed by atoms with van der Waals surface area (Å²) in [5.74, 6) is 1.01. The first-order chi connectivity index (χ1) is 7.34. The molecule has 2 rings (SSSR count). The molecule has 0 heterocycles. The second kappa shape index (κ2) is 5.34. The van der Waals surface area contributed by atoms with Gasteiger partial charge in [-0.05, 0) is 31.2 Å². The summed E-state index contributed by atoms with van der Waals surface area (Å²) in [5.41, 5.74) is 2.93. The van der Waals surface area contributed by atoms with E-state index in [1.165, 1.54) is 56.1 Å². The van der Waals surface area contributed by atoms with Crippen molar-refractivity contribution in [2.75, 3.05) is 0 Å². The van der Waals surface area contributed by atoms with Crippen LogP contribution in [0.25, 0.3) is 0 Å². The monoisotopic (exact) mass is 202 g/mol. The fourth-order valence-electron chi connectivity index (χ4n) is 2.71. The summed E-state index contributed by atoms with van der Waals surface area (Å²) in [4.78, 5) is 0. The van der Waals surface area contributed by atoms with Crippen molar-refractivity contribution in [1.82, 2.24) is 0 Å². The van der Waals surface area contributed by atoms with E-state index in [0.717, 1.165) is 5.92 Å². The van der Waals surface area contributed by atoms with Crippen molar-refractivity contribution in [3.8, 4) is 0 Å². The number of benzene rings is 1. The fourth-order valence-corrected chi connectivity index (χ4v) is 2.71. The van der Waals surface area contributed by atoms with Crippen LogP contribution >= 0.6 is 0 Å². The molecule has 0 unspecified atom stereocenters. The molecule has 0 N–H and O–H groups in total. The highest BCUT2D eigenvalue weighted by Gasteiger charge is 2.12. The van der Waals surface area contributed by atoms with Gasteiger partial charge in [-0.3, -0.25) is 0 Å². The van der Waals surface area contributed by atoms with E-state index in [0.29, 0.717) is 0 Å². The van der Waals surface area contributed by atoms with E-state index >= 15 is 0 Å². The summed E-state index contributed by atoms with van der Waals surface area (Å²) in [7, 11) is 0. The SMILES string of the molecule is Cc1cccc(CCC2CCCCC2)c1. The van der Waals surface area contributed by atoms with Crippen molar-refractivity contribution in [2.45, 2.75) is 51.9 Å². The van der Waals surface area contributed by atoms with E-state index in [1.54, 1.807) is 0 Å². The summed E-state index contributed by atoms with van der Waals surface area (Å²) >= 11 is 0. The molecule has 0 bridgehead atoms. The van der Waals surface area contributed by atoms with Gasteiger partial charge in [0.2, 0.25) is 0 Å². The van der Waals surface area contributed by atoms with Gasteiger partial charge < -0.3 is 0 Å². The molecular weight excluding hydrogens is 180 g/mol. The molecule has 0 aliphatic heterocycles. The molecule has 0 amide bonds. The quantitative estimate of drug-likeness (QED) is 0.676. The molecule has 1 aromatic carbocycles. The zero-order valence-corrected chi connectivity index (χ0v) is 9.84. The average molecular weight is 202 g/mol. The summed E-state index contributed by atoms with van der Waals surface area (Å²) in [5, 5.41) is 0. The van der Waals surface area contributed by atoms with Crippen LogP contribution in [0.1, 0.15) is 49.7 Å². The number of hydrogen-bond acceptors (Lipinski definition) is 0. The van der Waals surface area contributed by atoms with Crippen molar-refractivity contribution < 1.29 is 0 Å². The third-order valence-electron chi connectivity index (χ3n) is 3.65. The maximum Gasteiger partial charge on any atom is -0.0276 e. The first kappa shape index (κ1) is 10.7. The largest absolute Gasteiger partial charge is 0.0617 e. The van der Waals surface area contributed by atoms with Crippen LogP contribution in [0, 0.1) is 12.8 Å². The van der Waals surface area contributed by atoms with Gasteiger partial charge in [0.25, 0.3) is 0 Å². The second-order valence-corrected chi connectivity index (χ2v) is 5.03. The van der Waals surface area contributed by atoms with Crippen molar-refractivity contribution in [3.63, 3.8) is 0 Å². The lowest BCUT2D eigenvalue weighted by atomic mass is 9.85. The molecule has 1 fully saturated rings. The van der Waals surface area contributed by atoms with Gasteiger partial charge in [0.05, 0.1) is 0 Å². The Balaban J connectivity index is 1.81. The molecular formula is C15H22. The van der Waals surface area contributed by atoms with Crippen molar-refractivity contribution in [1.29, 1.82) is 0 Å². The lowest BCUT2D eigenvalue weighted by Crippen LogP contribution is -2.07. The van der Waals surface area contributed by atoms with E-state index in [4.69, 9.17) is 0 Å². The summed E-state index contributed by atoms with van der Waals surface area (Å²) < 4.78 is 0. The molecule has 0 atom stereocenters. The maximum atomic E-state index is 2.34.